The molecule has 5 heteroatoms. The summed E-state index contributed by atoms with van der Waals surface area (Å²) in [5, 5.41) is 3.16. The smallest absolute Gasteiger partial charge is 0.241 e. The Kier molecular flexibility index (Phi) is 4.37. The van der Waals surface area contributed by atoms with Crippen molar-refractivity contribution in [3.63, 3.8) is 0 Å². The number of hydrogen-bond acceptors (Lipinski definition) is 3. The number of anilines is 1. The lowest BCUT2D eigenvalue weighted by atomic mass is 10.1. The van der Waals surface area contributed by atoms with Crippen LogP contribution in [0.3, 0.4) is 0 Å². The number of amides is 1. The molecule has 104 valence electrons. The van der Waals surface area contributed by atoms with Gasteiger partial charge in [-0.15, -0.1) is 0 Å². The molecule has 0 bridgehead atoms. The predicted octanol–water partition coefficient (Wildman–Crippen LogP) is 1.21. The molecular formula is C14H20FN3O. The number of benzene rings is 1. The molecule has 1 aromatic rings. The molecular weight excluding hydrogens is 245 g/mol. The van der Waals surface area contributed by atoms with Gasteiger partial charge in [0.25, 0.3) is 0 Å². The highest BCUT2D eigenvalue weighted by Crippen LogP contribution is 2.22. The van der Waals surface area contributed by atoms with Crippen molar-refractivity contribution in [1.29, 1.82) is 0 Å². The highest BCUT2D eigenvalue weighted by Gasteiger charge is 2.23. The molecule has 0 radical (unpaired) electrons. The zero-order valence-corrected chi connectivity index (χ0v) is 11.4. The van der Waals surface area contributed by atoms with Gasteiger partial charge in [0.2, 0.25) is 5.91 Å². The van der Waals surface area contributed by atoms with Crippen molar-refractivity contribution in [2.75, 3.05) is 38.1 Å². The van der Waals surface area contributed by atoms with Gasteiger partial charge in [0.05, 0.1) is 12.2 Å². The first-order chi connectivity index (χ1) is 9.11. The molecule has 0 aliphatic carbocycles. The van der Waals surface area contributed by atoms with Crippen molar-refractivity contribution in [3.8, 4) is 0 Å². The number of rotatable bonds is 4. The standard InChI is InChI=1S/C14H20FN3O/c1-3-16-9-11-4-5-13(12(15)8-11)18-7-6-17(2)14(19)10-18/h4-5,8,16H,3,6-7,9-10H2,1-2H3. The average Bonchev–Trinajstić information content (AvgIpc) is 2.40. The average molecular weight is 265 g/mol. The number of halogens is 1. The monoisotopic (exact) mass is 265 g/mol. The Labute approximate surface area is 113 Å². The fourth-order valence-corrected chi connectivity index (χ4v) is 2.15. The predicted molar refractivity (Wildman–Crippen MR) is 73.6 cm³/mol. The summed E-state index contributed by atoms with van der Waals surface area (Å²) in [6.45, 7) is 5.09. The highest BCUT2D eigenvalue weighted by molar-refractivity contribution is 5.82. The van der Waals surface area contributed by atoms with Gasteiger partial charge in [-0.05, 0) is 24.2 Å². The highest BCUT2D eigenvalue weighted by atomic mass is 19.1. The van der Waals surface area contributed by atoms with E-state index in [1.54, 1.807) is 29.0 Å². The normalized spacial score (nSPS) is 16.1. The zero-order valence-electron chi connectivity index (χ0n) is 11.4. The van der Waals surface area contributed by atoms with Crippen LogP contribution in [0, 0.1) is 5.82 Å². The van der Waals surface area contributed by atoms with Crippen molar-refractivity contribution in [2.45, 2.75) is 13.5 Å². The second kappa shape index (κ2) is 6.02. The van der Waals surface area contributed by atoms with Crippen LogP contribution in [0.1, 0.15) is 12.5 Å². The largest absolute Gasteiger partial charge is 0.358 e. The fourth-order valence-electron chi connectivity index (χ4n) is 2.15. The molecule has 1 aromatic carbocycles. The van der Waals surface area contributed by atoms with Crippen LogP contribution in [-0.2, 0) is 11.3 Å². The summed E-state index contributed by atoms with van der Waals surface area (Å²) in [6, 6.07) is 5.21. The third-order valence-electron chi connectivity index (χ3n) is 3.39. The molecule has 0 unspecified atom stereocenters. The summed E-state index contributed by atoms with van der Waals surface area (Å²) in [7, 11) is 1.77. The molecule has 1 N–H and O–H groups in total. The minimum atomic E-state index is -0.257. The Hall–Kier alpha value is -1.62. The van der Waals surface area contributed by atoms with Crippen LogP contribution in [0.15, 0.2) is 18.2 Å². The number of likely N-dealkylation sites (N-methyl/N-ethyl adjacent to an activating group) is 1. The maximum absolute atomic E-state index is 14.1. The van der Waals surface area contributed by atoms with E-state index in [0.29, 0.717) is 25.3 Å². The van der Waals surface area contributed by atoms with Gasteiger partial charge in [0.15, 0.2) is 0 Å². The molecule has 0 saturated carbocycles. The summed E-state index contributed by atoms with van der Waals surface area (Å²) in [6.07, 6.45) is 0. The first kappa shape index (κ1) is 13.8. The van der Waals surface area contributed by atoms with Crippen LogP contribution in [0.5, 0.6) is 0 Å². The van der Waals surface area contributed by atoms with E-state index in [1.807, 2.05) is 13.0 Å². The van der Waals surface area contributed by atoms with Crippen molar-refractivity contribution in [3.05, 3.63) is 29.6 Å². The first-order valence-corrected chi connectivity index (χ1v) is 6.60. The van der Waals surface area contributed by atoms with Crippen molar-refractivity contribution in [1.82, 2.24) is 10.2 Å². The molecule has 1 saturated heterocycles. The fraction of sp³-hybridized carbons (Fsp3) is 0.500. The second-order valence-corrected chi connectivity index (χ2v) is 4.80. The summed E-state index contributed by atoms with van der Waals surface area (Å²) >= 11 is 0. The van der Waals surface area contributed by atoms with Gasteiger partial charge in [0, 0.05) is 26.7 Å². The lowest BCUT2D eigenvalue weighted by Gasteiger charge is -2.33. The summed E-state index contributed by atoms with van der Waals surface area (Å²) < 4.78 is 14.1. The van der Waals surface area contributed by atoms with E-state index in [1.165, 1.54) is 0 Å². The minimum absolute atomic E-state index is 0.0300. The number of piperazine rings is 1. The van der Waals surface area contributed by atoms with Crippen molar-refractivity contribution >= 4 is 11.6 Å². The molecule has 0 aromatic heterocycles. The van der Waals surface area contributed by atoms with Crippen molar-refractivity contribution in [2.24, 2.45) is 0 Å². The van der Waals surface area contributed by atoms with Crippen LogP contribution in [0.25, 0.3) is 0 Å². The Morgan fingerprint density at radius 1 is 1.37 bits per heavy atom. The van der Waals surface area contributed by atoms with Crippen molar-refractivity contribution < 1.29 is 9.18 Å². The molecule has 1 fully saturated rings. The van der Waals surface area contributed by atoms with Gasteiger partial charge in [0.1, 0.15) is 5.82 Å². The number of nitrogens with zero attached hydrogens (tertiary/aromatic N) is 2. The van der Waals surface area contributed by atoms with Gasteiger partial charge in [-0.2, -0.15) is 0 Å². The SMILES string of the molecule is CCNCc1ccc(N2CCN(C)C(=O)C2)c(F)c1. The molecule has 2 rings (SSSR count). The van der Waals surface area contributed by atoms with Gasteiger partial charge < -0.3 is 15.1 Å². The van der Waals surface area contributed by atoms with Crippen LogP contribution in [0.2, 0.25) is 0 Å². The van der Waals surface area contributed by atoms with Crippen LogP contribution in [-0.4, -0.2) is 44.0 Å². The quantitative estimate of drug-likeness (QED) is 0.889. The van der Waals surface area contributed by atoms with E-state index in [9.17, 15) is 9.18 Å². The first-order valence-electron chi connectivity index (χ1n) is 6.60. The molecule has 19 heavy (non-hydrogen) atoms. The van der Waals surface area contributed by atoms with Gasteiger partial charge in [-0.25, -0.2) is 4.39 Å². The third kappa shape index (κ3) is 3.23. The van der Waals surface area contributed by atoms with E-state index in [4.69, 9.17) is 0 Å². The molecule has 4 nitrogen and oxygen atoms in total. The summed E-state index contributed by atoms with van der Waals surface area (Å²) in [5.41, 5.74) is 1.44. The molecule has 1 heterocycles. The second-order valence-electron chi connectivity index (χ2n) is 4.80. The third-order valence-corrected chi connectivity index (χ3v) is 3.39. The van der Waals surface area contributed by atoms with Crippen LogP contribution < -0.4 is 10.2 Å². The van der Waals surface area contributed by atoms with Gasteiger partial charge >= 0.3 is 0 Å². The number of nitrogens with one attached hydrogen (secondary N) is 1. The molecule has 1 aliphatic rings. The van der Waals surface area contributed by atoms with E-state index in [-0.39, 0.29) is 18.3 Å². The number of carbonyl (C=O) groups excluding carboxylic acids is 1. The van der Waals surface area contributed by atoms with E-state index in [2.05, 4.69) is 5.32 Å². The Morgan fingerprint density at radius 2 is 2.16 bits per heavy atom. The lowest BCUT2D eigenvalue weighted by Crippen LogP contribution is -2.48. The maximum Gasteiger partial charge on any atom is 0.241 e. The topological polar surface area (TPSA) is 35.6 Å². The molecule has 1 aliphatic heterocycles. The van der Waals surface area contributed by atoms with Crippen LogP contribution in [0.4, 0.5) is 10.1 Å². The van der Waals surface area contributed by atoms with E-state index < -0.39 is 0 Å². The number of carbonyl (C=O) groups is 1. The summed E-state index contributed by atoms with van der Waals surface area (Å²) in [5.74, 6) is -0.227. The van der Waals surface area contributed by atoms with E-state index >= 15 is 0 Å². The maximum atomic E-state index is 14.1. The van der Waals surface area contributed by atoms with E-state index in [0.717, 1.165) is 12.1 Å². The molecule has 1 amide bonds. The lowest BCUT2D eigenvalue weighted by molar-refractivity contribution is -0.129. The number of hydrogen-bond donors (Lipinski definition) is 1. The van der Waals surface area contributed by atoms with Gasteiger partial charge in [-0.1, -0.05) is 13.0 Å². The Balaban J connectivity index is 2.10. The summed E-state index contributed by atoms with van der Waals surface area (Å²) in [4.78, 5) is 15.1. The Morgan fingerprint density at radius 3 is 2.79 bits per heavy atom. The Bertz CT molecular complexity index is 464. The minimum Gasteiger partial charge on any atom is -0.358 e. The molecule has 0 atom stereocenters. The molecule has 0 spiro atoms. The van der Waals surface area contributed by atoms with Crippen LogP contribution >= 0.6 is 0 Å². The van der Waals surface area contributed by atoms with Gasteiger partial charge in [-0.3, -0.25) is 4.79 Å². The zero-order chi connectivity index (χ0) is 13.8.